The molecule has 4 nitrogen and oxygen atoms in total. The highest BCUT2D eigenvalue weighted by Crippen LogP contribution is 2.31. The fourth-order valence-electron chi connectivity index (χ4n) is 2.39. The third-order valence-electron chi connectivity index (χ3n) is 3.51. The van der Waals surface area contributed by atoms with E-state index in [1.807, 2.05) is 13.0 Å². The molecule has 0 aliphatic carbocycles. The van der Waals surface area contributed by atoms with Crippen LogP contribution in [0, 0.1) is 12.7 Å². The van der Waals surface area contributed by atoms with Gasteiger partial charge in [-0.15, -0.1) is 0 Å². The summed E-state index contributed by atoms with van der Waals surface area (Å²) in [5.74, 6) is 0.729. The number of thioether (sulfide) groups is 1. The van der Waals surface area contributed by atoms with E-state index in [-0.39, 0.29) is 11.9 Å². The highest BCUT2D eigenvalue weighted by atomic mass is 32.2. The first-order chi connectivity index (χ1) is 10.6. The van der Waals surface area contributed by atoms with Crippen molar-refractivity contribution in [3.63, 3.8) is 0 Å². The van der Waals surface area contributed by atoms with Crippen LogP contribution in [-0.2, 0) is 0 Å². The van der Waals surface area contributed by atoms with Gasteiger partial charge in [-0.1, -0.05) is 11.8 Å². The van der Waals surface area contributed by atoms with Crippen molar-refractivity contribution in [1.82, 2.24) is 10.2 Å². The zero-order valence-corrected chi connectivity index (χ0v) is 13.3. The quantitative estimate of drug-likeness (QED) is 0.867. The highest BCUT2D eigenvalue weighted by molar-refractivity contribution is 8.14. The van der Waals surface area contributed by atoms with Gasteiger partial charge in [0.1, 0.15) is 5.82 Å². The molecule has 114 valence electrons. The van der Waals surface area contributed by atoms with Crippen LogP contribution in [0.15, 0.2) is 41.5 Å². The molecule has 0 bridgehead atoms. The number of anilines is 1. The van der Waals surface area contributed by atoms with Crippen LogP contribution in [0.25, 0.3) is 0 Å². The number of benzene rings is 1. The molecule has 1 aliphatic rings. The summed E-state index contributed by atoms with van der Waals surface area (Å²) in [4.78, 5) is 6.67. The molecule has 1 aliphatic heterocycles. The lowest BCUT2D eigenvalue weighted by Gasteiger charge is -2.30. The number of aryl methyl sites for hydroxylation is 1. The van der Waals surface area contributed by atoms with Crippen LogP contribution in [-0.4, -0.2) is 27.7 Å². The van der Waals surface area contributed by atoms with Crippen molar-refractivity contribution < 1.29 is 4.39 Å². The van der Waals surface area contributed by atoms with Gasteiger partial charge in [0.2, 0.25) is 0 Å². The van der Waals surface area contributed by atoms with E-state index in [1.165, 1.54) is 12.1 Å². The van der Waals surface area contributed by atoms with Gasteiger partial charge in [-0.2, -0.15) is 10.2 Å². The van der Waals surface area contributed by atoms with E-state index in [0.717, 1.165) is 34.4 Å². The molecule has 1 atom stereocenters. The Labute approximate surface area is 133 Å². The molecule has 2 aromatic rings. The zero-order valence-electron chi connectivity index (χ0n) is 12.5. The summed E-state index contributed by atoms with van der Waals surface area (Å²) in [5, 5.41) is 9.23. The average molecular weight is 316 g/mol. The van der Waals surface area contributed by atoms with Gasteiger partial charge < -0.3 is 4.90 Å². The topological polar surface area (TPSA) is 41.4 Å². The summed E-state index contributed by atoms with van der Waals surface area (Å²) in [5.41, 5.74) is 2.85. The van der Waals surface area contributed by atoms with E-state index in [1.54, 1.807) is 30.1 Å². The summed E-state index contributed by atoms with van der Waals surface area (Å²) in [6.45, 7) is 4.87. The minimum absolute atomic E-state index is 0.0257. The third-order valence-corrected chi connectivity index (χ3v) is 4.48. The summed E-state index contributed by atoms with van der Waals surface area (Å²) < 4.78 is 13.2. The van der Waals surface area contributed by atoms with Gasteiger partial charge >= 0.3 is 0 Å². The molecule has 2 heterocycles. The van der Waals surface area contributed by atoms with Crippen molar-refractivity contribution in [3.8, 4) is 0 Å². The zero-order chi connectivity index (χ0) is 15.5. The van der Waals surface area contributed by atoms with Crippen molar-refractivity contribution >= 4 is 22.6 Å². The fraction of sp³-hybridized carbons (Fsp3) is 0.312. The Morgan fingerprint density at radius 1 is 1.27 bits per heavy atom. The lowest BCUT2D eigenvalue weighted by atomic mass is 10.1. The summed E-state index contributed by atoms with van der Waals surface area (Å²) in [6.07, 6.45) is 1.74. The molecule has 22 heavy (non-hydrogen) atoms. The predicted molar refractivity (Wildman–Crippen MR) is 88.8 cm³/mol. The lowest BCUT2D eigenvalue weighted by Crippen LogP contribution is -2.31. The van der Waals surface area contributed by atoms with Crippen molar-refractivity contribution in [2.24, 2.45) is 4.99 Å². The Bertz CT molecular complexity index is 687. The smallest absolute Gasteiger partial charge is 0.164 e. The van der Waals surface area contributed by atoms with E-state index >= 15 is 0 Å². The van der Waals surface area contributed by atoms with Gasteiger partial charge in [-0.25, -0.2) is 4.39 Å². The maximum Gasteiger partial charge on any atom is 0.164 e. The van der Waals surface area contributed by atoms with Crippen LogP contribution in [0.1, 0.15) is 24.2 Å². The lowest BCUT2D eigenvalue weighted by molar-refractivity contribution is 0.627. The number of aromatic nitrogens is 2. The Morgan fingerprint density at radius 2 is 2.05 bits per heavy atom. The first-order valence-corrected chi connectivity index (χ1v) is 8.15. The predicted octanol–water partition coefficient (Wildman–Crippen LogP) is 3.59. The number of aliphatic imine (C=N–C) groups is 1. The molecule has 0 fully saturated rings. The largest absolute Gasteiger partial charge is 0.312 e. The number of hydrogen-bond donors (Lipinski definition) is 0. The van der Waals surface area contributed by atoms with E-state index in [2.05, 4.69) is 27.0 Å². The molecule has 6 heteroatoms. The molecular weight excluding hydrogens is 299 g/mol. The molecule has 1 aromatic heterocycles. The summed E-state index contributed by atoms with van der Waals surface area (Å²) in [6, 6.07) is 8.48. The Hall–Kier alpha value is -1.95. The fourth-order valence-corrected chi connectivity index (χ4v) is 3.34. The number of hydrogen-bond acceptors (Lipinski definition) is 5. The van der Waals surface area contributed by atoms with Gasteiger partial charge in [0.05, 0.1) is 24.5 Å². The monoisotopic (exact) mass is 316 g/mol. The van der Waals surface area contributed by atoms with E-state index < -0.39 is 0 Å². The third kappa shape index (κ3) is 3.11. The van der Waals surface area contributed by atoms with Gasteiger partial charge in [-0.3, -0.25) is 4.99 Å². The van der Waals surface area contributed by atoms with Crippen molar-refractivity contribution in [2.45, 2.75) is 19.9 Å². The highest BCUT2D eigenvalue weighted by Gasteiger charge is 2.25. The van der Waals surface area contributed by atoms with Crippen molar-refractivity contribution in [1.29, 1.82) is 0 Å². The molecule has 0 radical (unpaired) electrons. The van der Waals surface area contributed by atoms with Gasteiger partial charge in [0.15, 0.2) is 5.17 Å². The molecule has 1 unspecified atom stereocenters. The van der Waals surface area contributed by atoms with Crippen LogP contribution < -0.4 is 4.90 Å². The van der Waals surface area contributed by atoms with E-state index in [4.69, 9.17) is 0 Å². The first-order valence-electron chi connectivity index (χ1n) is 7.16. The van der Waals surface area contributed by atoms with E-state index in [9.17, 15) is 4.39 Å². The van der Waals surface area contributed by atoms with Crippen LogP contribution in [0.5, 0.6) is 0 Å². The second kappa shape index (κ2) is 6.44. The minimum atomic E-state index is -0.243. The maximum absolute atomic E-state index is 13.2. The van der Waals surface area contributed by atoms with Crippen molar-refractivity contribution in [3.05, 3.63) is 53.6 Å². The summed E-state index contributed by atoms with van der Waals surface area (Å²) >= 11 is 1.71. The van der Waals surface area contributed by atoms with Crippen LogP contribution in [0.4, 0.5) is 10.1 Å². The van der Waals surface area contributed by atoms with Crippen LogP contribution in [0.2, 0.25) is 0 Å². The van der Waals surface area contributed by atoms with Crippen LogP contribution >= 0.6 is 11.8 Å². The average Bonchev–Trinajstić information content (AvgIpc) is 3.03. The molecule has 0 N–H and O–H groups in total. The minimum Gasteiger partial charge on any atom is -0.312 e. The Morgan fingerprint density at radius 3 is 2.68 bits per heavy atom. The normalized spacial score (nSPS) is 15.5. The van der Waals surface area contributed by atoms with E-state index in [0.29, 0.717) is 0 Å². The Balaban J connectivity index is 1.99. The number of amidine groups is 1. The number of halogens is 1. The molecule has 3 rings (SSSR count). The molecule has 0 saturated heterocycles. The first kappa shape index (κ1) is 15.0. The summed E-state index contributed by atoms with van der Waals surface area (Å²) in [7, 11) is 0. The standard InChI is InChI=1S/C16H17FN4S/c1-11-9-15(20-19-10-11)12(2)21(16-18-7-8-22-16)14-5-3-13(17)4-6-14/h3-6,9-10,12H,7-8H2,1-2H3. The number of nitrogens with zero attached hydrogens (tertiary/aromatic N) is 4. The molecular formula is C16H17FN4S. The Kier molecular flexibility index (Phi) is 4.38. The molecule has 1 aromatic carbocycles. The molecule has 0 amide bonds. The van der Waals surface area contributed by atoms with Crippen molar-refractivity contribution in [2.75, 3.05) is 17.2 Å². The van der Waals surface area contributed by atoms with Crippen LogP contribution in [0.3, 0.4) is 0 Å². The van der Waals surface area contributed by atoms with Gasteiger partial charge in [0.25, 0.3) is 0 Å². The molecule has 0 saturated carbocycles. The maximum atomic E-state index is 13.2. The second-order valence-electron chi connectivity index (χ2n) is 5.19. The number of rotatable bonds is 3. The SMILES string of the molecule is Cc1cnnc(C(C)N(C2=NCCS2)c2ccc(F)cc2)c1. The van der Waals surface area contributed by atoms with Gasteiger partial charge in [-0.05, 0) is 49.7 Å². The molecule has 0 spiro atoms. The second-order valence-corrected chi connectivity index (χ2v) is 6.26. The van der Waals surface area contributed by atoms with Gasteiger partial charge in [0, 0.05) is 11.4 Å².